The van der Waals surface area contributed by atoms with Gasteiger partial charge in [-0.05, 0) is 50.1 Å². The first-order valence-corrected chi connectivity index (χ1v) is 10.3. The van der Waals surface area contributed by atoms with Gasteiger partial charge in [0.05, 0.1) is 12.1 Å². The number of carbonyl (C=O) groups is 1. The van der Waals surface area contributed by atoms with Crippen molar-refractivity contribution in [2.45, 2.75) is 39.3 Å². The number of hydrogen-bond acceptors (Lipinski definition) is 7. The second-order valence-electron chi connectivity index (χ2n) is 7.37. The number of ether oxygens (including phenoxy) is 2. The van der Waals surface area contributed by atoms with Gasteiger partial charge in [0, 0.05) is 0 Å². The number of cyclic esters (lactones) is 1. The highest BCUT2D eigenvalue weighted by Crippen LogP contribution is 2.26. The van der Waals surface area contributed by atoms with E-state index >= 15 is 0 Å². The summed E-state index contributed by atoms with van der Waals surface area (Å²) in [5.41, 5.74) is 1.05. The van der Waals surface area contributed by atoms with E-state index in [-0.39, 0.29) is 12.1 Å². The van der Waals surface area contributed by atoms with Crippen LogP contribution in [0.15, 0.2) is 54.6 Å². The molecule has 1 unspecified atom stereocenters. The summed E-state index contributed by atoms with van der Waals surface area (Å²) < 4.78 is 11.0. The number of nitrogens with one attached hydrogen (secondary N) is 1. The minimum atomic E-state index is -0.426. The molecule has 0 saturated carbocycles. The molecule has 0 radical (unpaired) electrons. The van der Waals surface area contributed by atoms with Crippen LogP contribution < -0.4 is 15.0 Å². The third-order valence-corrected chi connectivity index (χ3v) is 5.09. The van der Waals surface area contributed by atoms with Crippen molar-refractivity contribution in [2.75, 3.05) is 16.8 Å². The van der Waals surface area contributed by atoms with E-state index < -0.39 is 6.09 Å². The summed E-state index contributed by atoms with van der Waals surface area (Å²) in [4.78, 5) is 26.8. The van der Waals surface area contributed by atoms with E-state index in [0.717, 1.165) is 23.5 Å². The fourth-order valence-corrected chi connectivity index (χ4v) is 3.37. The van der Waals surface area contributed by atoms with Crippen molar-refractivity contribution in [1.82, 2.24) is 15.0 Å². The largest absolute Gasteiger partial charge is 0.457 e. The number of anilines is 2. The zero-order chi connectivity index (χ0) is 21.8. The Kier molecular flexibility index (Phi) is 5.97. The highest BCUT2D eigenvalue weighted by atomic mass is 16.6. The first-order chi connectivity index (χ1) is 15.0. The lowest BCUT2D eigenvalue weighted by molar-refractivity contribution is 0.178. The van der Waals surface area contributed by atoms with Crippen molar-refractivity contribution in [3.05, 3.63) is 66.0 Å². The Hall–Kier alpha value is -3.68. The first kappa shape index (κ1) is 20.6. The maximum Gasteiger partial charge on any atom is 0.417 e. The topological polar surface area (TPSA) is 89.5 Å². The fourth-order valence-electron chi connectivity index (χ4n) is 3.37. The Morgan fingerprint density at radius 1 is 1.10 bits per heavy atom. The highest BCUT2D eigenvalue weighted by Gasteiger charge is 2.35. The van der Waals surface area contributed by atoms with Crippen LogP contribution in [-0.2, 0) is 4.74 Å². The zero-order valence-corrected chi connectivity index (χ0v) is 17.8. The number of carbonyl (C=O) groups excluding carboxylic acids is 1. The van der Waals surface area contributed by atoms with Gasteiger partial charge in [-0.15, -0.1) is 0 Å². The number of para-hydroxylation sites is 1. The number of rotatable bonds is 7. The van der Waals surface area contributed by atoms with Gasteiger partial charge in [-0.2, -0.15) is 15.0 Å². The molecule has 8 nitrogen and oxygen atoms in total. The van der Waals surface area contributed by atoms with Crippen LogP contribution in [-0.4, -0.2) is 33.7 Å². The van der Waals surface area contributed by atoms with E-state index in [4.69, 9.17) is 9.47 Å². The Morgan fingerprint density at radius 2 is 1.81 bits per heavy atom. The van der Waals surface area contributed by atoms with E-state index in [1.165, 1.54) is 4.90 Å². The monoisotopic (exact) mass is 419 g/mol. The molecule has 8 heteroatoms. The van der Waals surface area contributed by atoms with Crippen LogP contribution in [0.1, 0.15) is 37.7 Å². The van der Waals surface area contributed by atoms with Crippen molar-refractivity contribution >= 4 is 18.0 Å². The number of nitrogens with zero attached hydrogens (tertiary/aromatic N) is 4. The maximum atomic E-state index is 12.1. The third kappa shape index (κ3) is 4.74. The fraction of sp³-hybridized carbons (Fsp3) is 0.304. The van der Waals surface area contributed by atoms with E-state index in [9.17, 15) is 4.79 Å². The van der Waals surface area contributed by atoms with Crippen LogP contribution in [0.4, 0.5) is 16.7 Å². The minimum Gasteiger partial charge on any atom is -0.457 e. The van der Waals surface area contributed by atoms with Gasteiger partial charge in [0.2, 0.25) is 11.9 Å². The molecule has 1 aliphatic heterocycles. The predicted octanol–water partition coefficient (Wildman–Crippen LogP) is 4.88. The summed E-state index contributed by atoms with van der Waals surface area (Å²) in [5.74, 6) is 2.80. The minimum absolute atomic E-state index is 0.0621. The molecule has 1 amide bonds. The number of hydrogen-bond donors (Lipinski definition) is 1. The Labute approximate surface area is 181 Å². The van der Waals surface area contributed by atoms with Crippen LogP contribution in [0.5, 0.6) is 11.5 Å². The normalized spacial score (nSPS) is 16.7. The molecule has 3 aromatic rings. The van der Waals surface area contributed by atoms with Crippen molar-refractivity contribution in [3.8, 4) is 11.5 Å². The van der Waals surface area contributed by atoms with Crippen LogP contribution >= 0.6 is 0 Å². The summed E-state index contributed by atoms with van der Waals surface area (Å²) in [5, 5.41) is 3.30. The van der Waals surface area contributed by atoms with E-state index in [2.05, 4.69) is 20.3 Å². The highest BCUT2D eigenvalue weighted by molar-refractivity contribution is 5.88. The van der Waals surface area contributed by atoms with Crippen molar-refractivity contribution in [2.24, 2.45) is 0 Å². The summed E-state index contributed by atoms with van der Waals surface area (Å²) in [6.07, 6.45) is 0.331. The first-order valence-electron chi connectivity index (χ1n) is 10.3. The van der Waals surface area contributed by atoms with Crippen LogP contribution in [0, 0.1) is 6.92 Å². The molecule has 1 saturated heterocycles. The van der Waals surface area contributed by atoms with Gasteiger partial charge < -0.3 is 14.8 Å². The quantitative estimate of drug-likeness (QED) is 0.584. The second kappa shape index (κ2) is 8.99. The molecule has 160 valence electrons. The zero-order valence-electron chi connectivity index (χ0n) is 17.8. The number of benzene rings is 2. The Morgan fingerprint density at radius 3 is 2.52 bits per heavy atom. The molecule has 2 atom stereocenters. The molecule has 4 rings (SSSR count). The smallest absolute Gasteiger partial charge is 0.417 e. The van der Waals surface area contributed by atoms with Crippen LogP contribution in [0.3, 0.4) is 0 Å². The molecule has 31 heavy (non-hydrogen) atoms. The van der Waals surface area contributed by atoms with E-state index in [1.54, 1.807) is 6.92 Å². The maximum absolute atomic E-state index is 12.1. The molecule has 0 spiro atoms. The van der Waals surface area contributed by atoms with Gasteiger partial charge in [-0.3, -0.25) is 0 Å². The molecule has 1 N–H and O–H groups in total. The molecule has 0 bridgehead atoms. The molecule has 1 aromatic heterocycles. The number of aryl methyl sites for hydroxylation is 1. The molecule has 1 aliphatic rings. The third-order valence-electron chi connectivity index (χ3n) is 5.09. The summed E-state index contributed by atoms with van der Waals surface area (Å²) in [6.45, 7) is 6.14. The van der Waals surface area contributed by atoms with Gasteiger partial charge in [-0.25, -0.2) is 9.69 Å². The predicted molar refractivity (Wildman–Crippen MR) is 117 cm³/mol. The van der Waals surface area contributed by atoms with Crippen LogP contribution in [0.25, 0.3) is 0 Å². The number of amides is 1. The van der Waals surface area contributed by atoms with E-state index in [1.807, 2.05) is 68.4 Å². The average molecular weight is 419 g/mol. The van der Waals surface area contributed by atoms with Crippen LogP contribution in [0.2, 0.25) is 0 Å². The van der Waals surface area contributed by atoms with E-state index in [0.29, 0.717) is 24.3 Å². The molecule has 0 aliphatic carbocycles. The molecule has 2 heterocycles. The lowest BCUT2D eigenvalue weighted by atomic mass is 10.1. The summed E-state index contributed by atoms with van der Waals surface area (Å²) in [7, 11) is 0. The van der Waals surface area contributed by atoms with Gasteiger partial charge >= 0.3 is 6.09 Å². The second-order valence-corrected chi connectivity index (χ2v) is 7.37. The number of aromatic nitrogens is 3. The lowest BCUT2D eigenvalue weighted by Gasteiger charge is -2.20. The van der Waals surface area contributed by atoms with Crippen molar-refractivity contribution in [3.63, 3.8) is 0 Å². The van der Waals surface area contributed by atoms with Crippen molar-refractivity contribution in [1.29, 1.82) is 0 Å². The Balaban J connectivity index is 1.47. The van der Waals surface area contributed by atoms with Gasteiger partial charge in [0.1, 0.15) is 23.9 Å². The Bertz CT molecular complexity index is 1040. The SMILES string of the molecule is CCC1COC(=O)N1c1nc(C)nc(N[C@@H](C)c2ccc(Oc3ccccc3)cc2)n1. The van der Waals surface area contributed by atoms with Crippen molar-refractivity contribution < 1.29 is 14.3 Å². The standard InChI is InChI=1S/C23H25N5O3/c1-4-18-14-30-23(29)28(18)22-26-16(3)25-21(27-22)24-15(2)17-10-12-20(13-11-17)31-19-8-6-5-7-9-19/h5-13,15,18H,4,14H2,1-3H3,(H,24,25,26,27)/t15-,18?/m0/s1. The molecule has 2 aromatic carbocycles. The van der Waals surface area contributed by atoms with Gasteiger partial charge in [0.25, 0.3) is 0 Å². The molecule has 1 fully saturated rings. The molecular weight excluding hydrogens is 394 g/mol. The van der Waals surface area contributed by atoms with Gasteiger partial charge in [-0.1, -0.05) is 37.3 Å². The lowest BCUT2D eigenvalue weighted by Crippen LogP contribution is -2.34. The molecular formula is C23H25N5O3. The summed E-state index contributed by atoms with van der Waals surface area (Å²) in [6, 6.07) is 17.4. The summed E-state index contributed by atoms with van der Waals surface area (Å²) >= 11 is 0. The average Bonchev–Trinajstić information content (AvgIpc) is 3.15. The van der Waals surface area contributed by atoms with Gasteiger partial charge in [0.15, 0.2) is 0 Å².